The van der Waals surface area contributed by atoms with Gasteiger partial charge in [0.05, 0.1) is 21.4 Å². The first kappa shape index (κ1) is 31.4. The van der Waals surface area contributed by atoms with Gasteiger partial charge < -0.3 is 19.8 Å². The number of oxime groups is 1. The number of alkyl halides is 3. The average Bonchev–Trinajstić information content (AvgIpc) is 3.44. The lowest BCUT2D eigenvalue weighted by atomic mass is 9.77. The highest BCUT2D eigenvalue weighted by atomic mass is 35.5. The fourth-order valence-electron chi connectivity index (χ4n) is 4.77. The van der Waals surface area contributed by atoms with Crippen molar-refractivity contribution in [3.8, 4) is 0 Å². The summed E-state index contributed by atoms with van der Waals surface area (Å²) in [7, 11) is -1.04. The van der Waals surface area contributed by atoms with E-state index in [0.717, 1.165) is 17.2 Å². The average molecular weight is 630 g/mol. The minimum absolute atomic E-state index is 0.0546. The van der Waals surface area contributed by atoms with Gasteiger partial charge in [-0.25, -0.2) is 0 Å². The monoisotopic (exact) mass is 628 g/mol. The Balaban J connectivity index is 1.46. The first-order valence-electron chi connectivity index (χ1n) is 12.6. The number of allylic oxidation sites excluding steroid dienone is 3. The van der Waals surface area contributed by atoms with Crippen LogP contribution in [0.1, 0.15) is 66.2 Å². The molecule has 218 valence electrons. The molecule has 0 aliphatic carbocycles. The molecule has 2 N–H and O–H groups in total. The molecule has 6 nitrogen and oxygen atoms in total. The maximum absolute atomic E-state index is 14.1. The molecule has 41 heavy (non-hydrogen) atoms. The molecule has 1 unspecified atom stereocenters. The van der Waals surface area contributed by atoms with Gasteiger partial charge in [0, 0.05) is 30.0 Å². The molecule has 0 spiro atoms. The van der Waals surface area contributed by atoms with Crippen molar-refractivity contribution in [2.45, 2.75) is 64.5 Å². The van der Waals surface area contributed by atoms with E-state index in [1.807, 2.05) is 26.0 Å². The van der Waals surface area contributed by atoms with Gasteiger partial charge in [-0.05, 0) is 67.5 Å². The molecule has 0 radical (unpaired) electrons. The van der Waals surface area contributed by atoms with Gasteiger partial charge in [-0.1, -0.05) is 70.3 Å². The van der Waals surface area contributed by atoms with Gasteiger partial charge >= 0.3 is 13.3 Å². The van der Waals surface area contributed by atoms with Gasteiger partial charge in [-0.2, -0.15) is 13.2 Å². The summed E-state index contributed by atoms with van der Waals surface area (Å²) in [6.45, 7) is 7.09. The molecule has 0 saturated heterocycles. The van der Waals surface area contributed by atoms with E-state index in [1.165, 1.54) is 19.1 Å². The number of amides is 1. The van der Waals surface area contributed by atoms with Crippen molar-refractivity contribution in [3.05, 3.63) is 85.4 Å². The minimum Gasteiger partial charge on any atom is -0.423 e. The quantitative estimate of drug-likeness (QED) is 0.270. The third kappa shape index (κ3) is 6.47. The number of hydrogen-bond donors (Lipinski definition) is 2. The number of aryl methyl sites for hydroxylation is 1. The summed E-state index contributed by atoms with van der Waals surface area (Å²) in [6.07, 6.45) is -4.85. The summed E-state index contributed by atoms with van der Waals surface area (Å²) < 4.78 is 47.9. The summed E-state index contributed by atoms with van der Waals surface area (Å²) in [5.74, 6) is -0.361. The van der Waals surface area contributed by atoms with Crippen molar-refractivity contribution in [1.29, 1.82) is 0 Å². The predicted molar refractivity (Wildman–Crippen MR) is 154 cm³/mol. The van der Waals surface area contributed by atoms with Crippen molar-refractivity contribution < 1.29 is 32.5 Å². The van der Waals surface area contributed by atoms with Gasteiger partial charge in [0.1, 0.15) is 0 Å². The third-order valence-electron chi connectivity index (χ3n) is 7.12. The Hall–Kier alpha value is -2.50. The maximum atomic E-state index is 14.1. The second-order valence-corrected chi connectivity index (χ2v) is 11.9. The first-order chi connectivity index (χ1) is 19.0. The number of nitrogens with one attached hydrogen (secondary N) is 1. The Labute approximate surface area is 251 Å². The zero-order valence-corrected chi connectivity index (χ0v) is 24.9. The van der Waals surface area contributed by atoms with E-state index in [-0.39, 0.29) is 33.3 Å². The van der Waals surface area contributed by atoms with Gasteiger partial charge in [-0.3, -0.25) is 4.79 Å². The SMILES string of the molecule is CC(Cl)=C(Cl)C(Cl)=CCC1(C(F)(F)F)CC(c2ccc(C(=O)NCc3ccc4c(c3)B(O)OC4(C)C)c(C)c2)=NO1. The summed E-state index contributed by atoms with van der Waals surface area (Å²) in [5, 5.41) is 16.8. The Morgan fingerprint density at radius 2 is 1.90 bits per heavy atom. The normalized spacial score (nSPS) is 20.8. The Morgan fingerprint density at radius 1 is 1.20 bits per heavy atom. The zero-order chi connectivity index (χ0) is 30.3. The van der Waals surface area contributed by atoms with E-state index in [4.69, 9.17) is 44.3 Å². The smallest absolute Gasteiger partial charge is 0.423 e. The van der Waals surface area contributed by atoms with Crippen LogP contribution in [0.25, 0.3) is 0 Å². The molecule has 2 aliphatic rings. The second-order valence-electron chi connectivity index (χ2n) is 10.5. The fraction of sp³-hybridized carbons (Fsp3) is 0.357. The van der Waals surface area contributed by atoms with Gasteiger partial charge in [0.15, 0.2) is 0 Å². The summed E-state index contributed by atoms with van der Waals surface area (Å²) >= 11 is 17.7. The van der Waals surface area contributed by atoms with Crippen LogP contribution in [-0.4, -0.2) is 35.5 Å². The van der Waals surface area contributed by atoms with Crippen LogP contribution in [0.5, 0.6) is 0 Å². The van der Waals surface area contributed by atoms with Crippen LogP contribution in [0.2, 0.25) is 0 Å². The van der Waals surface area contributed by atoms with Crippen LogP contribution < -0.4 is 10.8 Å². The molecular weight excluding hydrogens is 602 g/mol. The van der Waals surface area contributed by atoms with Crippen LogP contribution in [0.15, 0.2) is 62.7 Å². The van der Waals surface area contributed by atoms with Crippen LogP contribution in [-0.2, 0) is 21.6 Å². The van der Waals surface area contributed by atoms with Gasteiger partial charge in [0.25, 0.3) is 5.91 Å². The molecule has 0 bridgehead atoms. The molecule has 0 fully saturated rings. The lowest BCUT2D eigenvalue weighted by Gasteiger charge is -2.28. The molecule has 1 amide bonds. The summed E-state index contributed by atoms with van der Waals surface area (Å²) in [6, 6.07) is 10.2. The lowest BCUT2D eigenvalue weighted by Crippen LogP contribution is -2.45. The van der Waals surface area contributed by atoms with Crippen LogP contribution in [0, 0.1) is 6.92 Å². The molecule has 13 heteroatoms. The number of nitrogens with zero attached hydrogens (tertiary/aromatic N) is 1. The number of carbonyl (C=O) groups excluding carboxylic acids is 1. The number of rotatable bonds is 7. The van der Waals surface area contributed by atoms with Crippen molar-refractivity contribution in [2.24, 2.45) is 5.16 Å². The molecule has 4 rings (SSSR count). The standard InChI is InChI=1S/C28H27BCl3F3N2O4/c1-15-11-18(23-13-27(41-37-23,28(33,34)35)10-9-22(31)24(32)16(2)30)6-7-19(15)25(38)36-14-17-5-8-20-21(12-17)29(39)40-26(20,3)4/h5-9,11-12,39H,10,13-14H2,1-4H3,(H,36,38). The van der Waals surface area contributed by atoms with Gasteiger partial charge in [-0.15, -0.1) is 0 Å². The highest BCUT2D eigenvalue weighted by molar-refractivity contribution is 6.62. The van der Waals surface area contributed by atoms with Gasteiger partial charge in [0.2, 0.25) is 5.60 Å². The number of carbonyl (C=O) groups is 1. The lowest BCUT2D eigenvalue weighted by molar-refractivity contribution is -0.267. The van der Waals surface area contributed by atoms with E-state index in [9.17, 15) is 23.0 Å². The maximum Gasteiger partial charge on any atom is 0.492 e. The minimum atomic E-state index is -4.76. The van der Waals surface area contributed by atoms with E-state index < -0.39 is 37.3 Å². The van der Waals surface area contributed by atoms with Crippen molar-refractivity contribution in [1.82, 2.24) is 5.32 Å². The van der Waals surface area contributed by atoms with E-state index >= 15 is 0 Å². The largest absolute Gasteiger partial charge is 0.492 e. The predicted octanol–water partition coefficient (Wildman–Crippen LogP) is 6.53. The fourth-order valence-corrected chi connectivity index (χ4v) is 5.22. The molecule has 2 aromatic carbocycles. The molecule has 2 aliphatic heterocycles. The van der Waals surface area contributed by atoms with Crippen LogP contribution in [0.3, 0.4) is 0 Å². The second kappa shape index (κ2) is 11.6. The van der Waals surface area contributed by atoms with Crippen LogP contribution in [0.4, 0.5) is 13.2 Å². The highest BCUT2D eigenvalue weighted by Crippen LogP contribution is 2.45. The first-order valence-corrected chi connectivity index (χ1v) is 13.8. The number of halogens is 6. The Kier molecular flexibility index (Phi) is 8.93. The summed E-state index contributed by atoms with van der Waals surface area (Å²) in [5.41, 5.74) is 0.449. The number of benzene rings is 2. The summed E-state index contributed by atoms with van der Waals surface area (Å²) in [4.78, 5) is 17.9. The van der Waals surface area contributed by atoms with Crippen molar-refractivity contribution in [2.75, 3.05) is 0 Å². The number of hydrogen-bond acceptors (Lipinski definition) is 5. The van der Waals surface area contributed by atoms with E-state index in [1.54, 1.807) is 19.1 Å². The molecule has 0 saturated carbocycles. The molecule has 0 aromatic heterocycles. The Morgan fingerprint density at radius 3 is 2.54 bits per heavy atom. The molecular formula is C28H27BCl3F3N2O4. The van der Waals surface area contributed by atoms with Crippen LogP contribution >= 0.6 is 34.8 Å². The highest BCUT2D eigenvalue weighted by Gasteiger charge is 2.60. The van der Waals surface area contributed by atoms with Crippen molar-refractivity contribution >= 4 is 59.0 Å². The molecule has 2 heterocycles. The zero-order valence-electron chi connectivity index (χ0n) is 22.6. The van der Waals surface area contributed by atoms with E-state index in [2.05, 4.69) is 10.5 Å². The number of fused-ring (bicyclic) bond motifs is 1. The van der Waals surface area contributed by atoms with Crippen molar-refractivity contribution in [3.63, 3.8) is 0 Å². The van der Waals surface area contributed by atoms with E-state index in [0.29, 0.717) is 22.2 Å². The molecule has 2 aromatic rings. The Bertz CT molecular complexity index is 1470. The third-order valence-corrected chi connectivity index (χ3v) is 8.33. The topological polar surface area (TPSA) is 80.2 Å². The molecule has 1 atom stereocenters.